The molecule has 0 saturated heterocycles. The quantitative estimate of drug-likeness (QED) is 0.737. The van der Waals surface area contributed by atoms with Crippen LogP contribution in [0.4, 0.5) is 11.4 Å². The molecule has 1 amide bonds. The van der Waals surface area contributed by atoms with Gasteiger partial charge in [0.2, 0.25) is 5.91 Å². The first-order valence-electron chi connectivity index (χ1n) is 7.70. The third-order valence-electron chi connectivity index (χ3n) is 3.85. The zero-order valence-corrected chi connectivity index (χ0v) is 16.2. The Hall–Kier alpha value is -1.62. The Labute approximate surface area is 149 Å². The molecule has 1 aliphatic rings. The summed E-state index contributed by atoms with van der Waals surface area (Å²) in [6.45, 7) is 11.5. The van der Waals surface area contributed by atoms with Gasteiger partial charge in [-0.2, -0.15) is 0 Å². The van der Waals surface area contributed by atoms with Gasteiger partial charge in [0.05, 0.1) is 17.6 Å². The molecule has 23 heavy (non-hydrogen) atoms. The minimum atomic E-state index is -0.183. The van der Waals surface area contributed by atoms with Crippen LogP contribution in [0.25, 0.3) is 0 Å². The minimum absolute atomic E-state index is 0. The molecule has 1 aromatic rings. The second-order valence-corrected chi connectivity index (χ2v) is 6.20. The third-order valence-corrected chi connectivity index (χ3v) is 3.85. The number of nitrogens with zero attached hydrogens (tertiary/aromatic N) is 3. The van der Waals surface area contributed by atoms with E-state index in [0.717, 1.165) is 17.9 Å². The third kappa shape index (κ3) is 4.44. The fraction of sp³-hybridized carbons (Fsp3) is 0.444. The highest BCUT2D eigenvalue weighted by Crippen LogP contribution is 2.35. The molecule has 0 spiro atoms. The van der Waals surface area contributed by atoms with Crippen LogP contribution in [-0.2, 0) is 4.79 Å². The second kappa shape index (κ2) is 8.29. The van der Waals surface area contributed by atoms with E-state index < -0.39 is 0 Å². The summed E-state index contributed by atoms with van der Waals surface area (Å²) in [7, 11) is 0. The Kier molecular flexibility index (Phi) is 7.01. The van der Waals surface area contributed by atoms with E-state index >= 15 is 0 Å². The summed E-state index contributed by atoms with van der Waals surface area (Å²) in [5, 5.41) is 0. The Morgan fingerprint density at radius 1 is 1.13 bits per heavy atom. The zero-order chi connectivity index (χ0) is 16.3. The summed E-state index contributed by atoms with van der Waals surface area (Å²) in [5.41, 5.74) is 4.42. The van der Waals surface area contributed by atoms with Gasteiger partial charge in [-0.05, 0) is 40.7 Å². The van der Waals surface area contributed by atoms with Crippen molar-refractivity contribution in [2.45, 2.75) is 40.7 Å². The predicted octanol–water partition coefficient (Wildman–Crippen LogP) is 4.13. The van der Waals surface area contributed by atoms with E-state index in [2.05, 4.69) is 35.9 Å². The maximum absolute atomic E-state index is 12.8. The van der Waals surface area contributed by atoms with Gasteiger partial charge in [-0.15, -0.1) is 17.0 Å². The van der Waals surface area contributed by atoms with Gasteiger partial charge in [0.1, 0.15) is 6.04 Å². The largest absolute Gasteiger partial charge is 0.353 e. The molecule has 1 unspecified atom stereocenters. The molecular formula is C18H26BrN3O. The first-order valence-corrected chi connectivity index (χ1v) is 7.70. The lowest BCUT2D eigenvalue weighted by Gasteiger charge is -2.40. The monoisotopic (exact) mass is 379 g/mol. The number of hydrogen-bond acceptors (Lipinski definition) is 3. The standard InChI is InChI=1S/C18H25N3O.BrH/c1-13(2)7-10-20-15(5)18(22)21(11-8-14(3)4)16-6-9-19-12-17(16)20;/h6-9,12,15H,10-11H2,1-5H3;1H. The number of rotatable bonds is 4. The number of allylic oxidation sites excluding steroid dienone is 2. The van der Waals surface area contributed by atoms with E-state index in [1.807, 2.05) is 37.9 Å². The first-order chi connectivity index (χ1) is 10.4. The number of pyridine rings is 1. The number of hydrogen-bond donors (Lipinski definition) is 0. The topological polar surface area (TPSA) is 36.4 Å². The molecular weight excluding hydrogens is 354 g/mol. The molecule has 2 heterocycles. The highest BCUT2D eigenvalue weighted by molar-refractivity contribution is 8.93. The molecule has 4 nitrogen and oxygen atoms in total. The Morgan fingerprint density at radius 2 is 1.74 bits per heavy atom. The van der Waals surface area contributed by atoms with Crippen molar-refractivity contribution in [3.8, 4) is 0 Å². The van der Waals surface area contributed by atoms with E-state index in [4.69, 9.17) is 0 Å². The van der Waals surface area contributed by atoms with Crippen LogP contribution < -0.4 is 9.80 Å². The molecule has 0 N–H and O–H groups in total. The Balaban J connectivity index is 0.00000264. The van der Waals surface area contributed by atoms with Crippen LogP contribution in [0.3, 0.4) is 0 Å². The second-order valence-electron chi connectivity index (χ2n) is 6.20. The normalized spacial score (nSPS) is 16.4. The molecule has 0 bridgehead atoms. The number of carbonyl (C=O) groups excluding carboxylic acids is 1. The number of halogens is 1. The van der Waals surface area contributed by atoms with Crippen molar-refractivity contribution in [3.63, 3.8) is 0 Å². The van der Waals surface area contributed by atoms with Gasteiger partial charge in [0.25, 0.3) is 0 Å². The number of anilines is 2. The summed E-state index contributed by atoms with van der Waals surface area (Å²) < 4.78 is 0. The molecule has 1 atom stereocenters. The molecule has 2 rings (SSSR count). The minimum Gasteiger partial charge on any atom is -0.353 e. The number of amides is 1. The Bertz CT molecular complexity index is 616. The van der Waals surface area contributed by atoms with Gasteiger partial charge in [-0.3, -0.25) is 9.78 Å². The van der Waals surface area contributed by atoms with Crippen molar-refractivity contribution >= 4 is 34.3 Å². The van der Waals surface area contributed by atoms with Gasteiger partial charge in [0.15, 0.2) is 0 Å². The number of aromatic nitrogens is 1. The lowest BCUT2D eigenvalue weighted by atomic mass is 10.1. The average Bonchev–Trinajstić information content (AvgIpc) is 2.47. The summed E-state index contributed by atoms with van der Waals surface area (Å²) in [6, 6.07) is 1.74. The molecule has 0 fully saturated rings. The van der Waals surface area contributed by atoms with E-state index in [9.17, 15) is 4.79 Å². The highest BCUT2D eigenvalue weighted by Gasteiger charge is 2.34. The summed E-state index contributed by atoms with van der Waals surface area (Å²) in [6.07, 6.45) is 7.83. The summed E-state index contributed by atoms with van der Waals surface area (Å²) >= 11 is 0. The lowest BCUT2D eigenvalue weighted by Crippen LogP contribution is -2.52. The zero-order valence-electron chi connectivity index (χ0n) is 14.5. The van der Waals surface area contributed by atoms with Crippen molar-refractivity contribution in [1.82, 2.24) is 4.98 Å². The van der Waals surface area contributed by atoms with Crippen molar-refractivity contribution in [2.75, 3.05) is 22.9 Å². The maximum Gasteiger partial charge on any atom is 0.249 e. The highest BCUT2D eigenvalue weighted by atomic mass is 79.9. The summed E-state index contributed by atoms with van der Waals surface area (Å²) in [5.74, 6) is 0.137. The van der Waals surface area contributed by atoms with Crippen LogP contribution in [-0.4, -0.2) is 30.0 Å². The van der Waals surface area contributed by atoms with Crippen LogP contribution in [0.1, 0.15) is 34.6 Å². The molecule has 1 aromatic heterocycles. The van der Waals surface area contributed by atoms with Crippen LogP contribution in [0.15, 0.2) is 41.8 Å². The number of fused-ring (bicyclic) bond motifs is 1. The lowest BCUT2D eigenvalue weighted by molar-refractivity contribution is -0.119. The van der Waals surface area contributed by atoms with Gasteiger partial charge in [0, 0.05) is 19.3 Å². The summed E-state index contributed by atoms with van der Waals surface area (Å²) in [4.78, 5) is 21.0. The number of carbonyl (C=O) groups is 1. The average molecular weight is 380 g/mol. The van der Waals surface area contributed by atoms with Crippen LogP contribution in [0, 0.1) is 0 Å². The predicted molar refractivity (Wildman–Crippen MR) is 103 cm³/mol. The van der Waals surface area contributed by atoms with Crippen molar-refractivity contribution in [2.24, 2.45) is 0 Å². The maximum atomic E-state index is 12.8. The van der Waals surface area contributed by atoms with E-state index in [1.165, 1.54) is 11.1 Å². The van der Waals surface area contributed by atoms with Crippen LogP contribution >= 0.6 is 17.0 Å². The van der Waals surface area contributed by atoms with Crippen LogP contribution in [0.5, 0.6) is 0 Å². The van der Waals surface area contributed by atoms with Crippen molar-refractivity contribution < 1.29 is 4.79 Å². The molecule has 1 aliphatic heterocycles. The van der Waals surface area contributed by atoms with E-state index in [-0.39, 0.29) is 28.9 Å². The molecule has 0 saturated carbocycles. The van der Waals surface area contributed by atoms with E-state index in [1.54, 1.807) is 6.20 Å². The fourth-order valence-electron chi connectivity index (χ4n) is 2.51. The first kappa shape index (κ1) is 19.4. The van der Waals surface area contributed by atoms with Crippen LogP contribution in [0.2, 0.25) is 0 Å². The SMILES string of the molecule is Br.CC(C)=CCN1C(=O)C(C)N(CC=C(C)C)c2cnccc21. The van der Waals surface area contributed by atoms with Gasteiger partial charge in [-0.1, -0.05) is 23.3 Å². The molecule has 0 aromatic carbocycles. The van der Waals surface area contributed by atoms with E-state index in [0.29, 0.717) is 6.54 Å². The molecule has 126 valence electrons. The molecule has 0 radical (unpaired) electrons. The van der Waals surface area contributed by atoms with Gasteiger partial charge in [-0.25, -0.2) is 0 Å². The van der Waals surface area contributed by atoms with Crippen molar-refractivity contribution in [3.05, 3.63) is 41.8 Å². The smallest absolute Gasteiger partial charge is 0.249 e. The molecule has 0 aliphatic carbocycles. The Morgan fingerprint density at radius 3 is 2.35 bits per heavy atom. The van der Waals surface area contributed by atoms with Gasteiger partial charge < -0.3 is 9.80 Å². The van der Waals surface area contributed by atoms with Gasteiger partial charge >= 0.3 is 0 Å². The van der Waals surface area contributed by atoms with Crippen molar-refractivity contribution in [1.29, 1.82) is 0 Å². The fourth-order valence-corrected chi connectivity index (χ4v) is 2.51. The molecule has 5 heteroatoms.